The second-order valence-electron chi connectivity index (χ2n) is 5.72. The van der Waals surface area contributed by atoms with Gasteiger partial charge >= 0.3 is 6.18 Å². The minimum Gasteiger partial charge on any atom is -0.334 e. The molecule has 1 aliphatic carbocycles. The third-order valence-electron chi connectivity index (χ3n) is 4.08. The number of rotatable bonds is 2. The van der Waals surface area contributed by atoms with Gasteiger partial charge in [0.25, 0.3) is 5.89 Å². The van der Waals surface area contributed by atoms with Crippen LogP contribution in [0.3, 0.4) is 0 Å². The van der Waals surface area contributed by atoms with Gasteiger partial charge in [0.15, 0.2) is 5.82 Å². The zero-order chi connectivity index (χ0) is 15.8. The molecule has 2 N–H and O–H groups in total. The van der Waals surface area contributed by atoms with E-state index in [1.54, 1.807) is 0 Å². The number of aromatic nitrogens is 2. The van der Waals surface area contributed by atoms with Gasteiger partial charge in [-0.25, -0.2) is 0 Å². The highest BCUT2D eigenvalue weighted by molar-refractivity contribution is 5.53. The molecule has 1 heterocycles. The molecule has 1 aliphatic rings. The highest BCUT2D eigenvalue weighted by atomic mass is 19.4. The first-order valence-electron chi connectivity index (χ1n) is 7.19. The van der Waals surface area contributed by atoms with Gasteiger partial charge in [-0.15, -0.1) is 0 Å². The van der Waals surface area contributed by atoms with E-state index in [1.165, 1.54) is 12.1 Å². The second-order valence-corrected chi connectivity index (χ2v) is 5.72. The average molecular weight is 311 g/mol. The first-order chi connectivity index (χ1) is 10.4. The van der Waals surface area contributed by atoms with Crippen LogP contribution < -0.4 is 5.73 Å². The van der Waals surface area contributed by atoms with Gasteiger partial charge in [0, 0.05) is 5.56 Å². The second kappa shape index (κ2) is 5.39. The Balaban J connectivity index is 1.84. The van der Waals surface area contributed by atoms with Crippen molar-refractivity contribution in [2.24, 2.45) is 5.73 Å². The van der Waals surface area contributed by atoms with Gasteiger partial charge in [0.1, 0.15) is 0 Å². The molecule has 0 spiro atoms. The molecule has 0 bridgehead atoms. The molecule has 1 saturated carbocycles. The molecule has 0 saturated heterocycles. The third kappa shape index (κ3) is 2.85. The number of nitrogens with zero attached hydrogens (tertiary/aromatic N) is 2. The van der Waals surface area contributed by atoms with Crippen molar-refractivity contribution < 1.29 is 17.7 Å². The summed E-state index contributed by atoms with van der Waals surface area (Å²) in [6.45, 7) is 0. The summed E-state index contributed by atoms with van der Waals surface area (Å²) in [5.74, 6) is 0.626. The molecule has 0 radical (unpaired) electrons. The molecule has 2 aromatic rings. The summed E-state index contributed by atoms with van der Waals surface area (Å²) < 4.78 is 42.8. The molecule has 1 fully saturated rings. The lowest BCUT2D eigenvalue weighted by Crippen LogP contribution is -2.39. The van der Waals surface area contributed by atoms with Crippen LogP contribution in [-0.2, 0) is 11.7 Å². The fourth-order valence-electron chi connectivity index (χ4n) is 2.75. The third-order valence-corrected chi connectivity index (χ3v) is 4.08. The lowest BCUT2D eigenvalue weighted by molar-refractivity contribution is -0.137. The highest BCUT2D eigenvalue weighted by Gasteiger charge is 2.34. The summed E-state index contributed by atoms with van der Waals surface area (Å²) in [5, 5.41) is 3.93. The largest absolute Gasteiger partial charge is 0.416 e. The number of alkyl halides is 3. The smallest absolute Gasteiger partial charge is 0.334 e. The Labute approximate surface area is 125 Å². The van der Waals surface area contributed by atoms with E-state index in [-0.39, 0.29) is 5.89 Å². The topological polar surface area (TPSA) is 64.9 Å². The van der Waals surface area contributed by atoms with Crippen LogP contribution in [0.15, 0.2) is 28.8 Å². The Hall–Kier alpha value is -1.89. The number of nitrogens with two attached hydrogens (primary N) is 1. The molecule has 0 aliphatic heterocycles. The van der Waals surface area contributed by atoms with E-state index in [0.717, 1.165) is 44.2 Å². The maximum absolute atomic E-state index is 12.6. The maximum Gasteiger partial charge on any atom is 0.416 e. The molecule has 1 aromatic carbocycles. The molecule has 4 nitrogen and oxygen atoms in total. The number of benzene rings is 1. The lowest BCUT2D eigenvalue weighted by Gasteiger charge is -2.29. The van der Waals surface area contributed by atoms with Crippen LogP contribution in [-0.4, -0.2) is 10.1 Å². The van der Waals surface area contributed by atoms with Crippen LogP contribution in [0.4, 0.5) is 13.2 Å². The van der Waals surface area contributed by atoms with Gasteiger partial charge in [-0.3, -0.25) is 0 Å². The minimum absolute atomic E-state index is 0.194. The van der Waals surface area contributed by atoms with E-state index in [1.807, 2.05) is 0 Å². The Kier molecular flexibility index (Phi) is 3.68. The summed E-state index contributed by atoms with van der Waals surface area (Å²) >= 11 is 0. The van der Waals surface area contributed by atoms with E-state index in [4.69, 9.17) is 10.3 Å². The Morgan fingerprint density at radius 3 is 2.27 bits per heavy atom. The summed E-state index contributed by atoms with van der Waals surface area (Å²) in [7, 11) is 0. The van der Waals surface area contributed by atoms with Crippen molar-refractivity contribution >= 4 is 0 Å². The lowest BCUT2D eigenvalue weighted by atomic mass is 9.82. The van der Waals surface area contributed by atoms with E-state index < -0.39 is 17.3 Å². The number of hydrogen-bond acceptors (Lipinski definition) is 4. The van der Waals surface area contributed by atoms with Gasteiger partial charge < -0.3 is 10.3 Å². The Bertz CT molecular complexity index is 643. The fourth-order valence-corrected chi connectivity index (χ4v) is 2.75. The molecule has 0 amide bonds. The molecule has 0 atom stereocenters. The van der Waals surface area contributed by atoms with Crippen molar-refractivity contribution in [3.63, 3.8) is 0 Å². The minimum atomic E-state index is -4.36. The van der Waals surface area contributed by atoms with E-state index in [9.17, 15) is 13.2 Å². The highest BCUT2D eigenvalue weighted by Crippen LogP contribution is 2.34. The van der Waals surface area contributed by atoms with Crippen LogP contribution in [0.1, 0.15) is 43.5 Å². The van der Waals surface area contributed by atoms with Crippen LogP contribution in [0.25, 0.3) is 11.5 Å². The zero-order valence-corrected chi connectivity index (χ0v) is 11.9. The SMILES string of the molecule is NC1(c2noc(-c3ccc(C(F)(F)F)cc3)n2)CCCCC1. The molecule has 7 heteroatoms. The van der Waals surface area contributed by atoms with E-state index >= 15 is 0 Å². The van der Waals surface area contributed by atoms with Gasteiger partial charge in [-0.1, -0.05) is 24.4 Å². The Morgan fingerprint density at radius 2 is 1.68 bits per heavy atom. The van der Waals surface area contributed by atoms with Crippen LogP contribution in [0.5, 0.6) is 0 Å². The van der Waals surface area contributed by atoms with E-state index in [0.29, 0.717) is 11.4 Å². The van der Waals surface area contributed by atoms with Crippen LogP contribution in [0.2, 0.25) is 0 Å². The predicted molar refractivity (Wildman–Crippen MR) is 73.7 cm³/mol. The molecular weight excluding hydrogens is 295 g/mol. The molecule has 1 aromatic heterocycles. The van der Waals surface area contributed by atoms with Crippen LogP contribution >= 0.6 is 0 Å². The summed E-state index contributed by atoms with van der Waals surface area (Å²) in [6.07, 6.45) is 0.393. The first-order valence-corrected chi connectivity index (χ1v) is 7.19. The summed E-state index contributed by atoms with van der Waals surface area (Å²) in [5.41, 5.74) is 5.47. The van der Waals surface area contributed by atoms with Crippen molar-refractivity contribution in [3.05, 3.63) is 35.7 Å². The van der Waals surface area contributed by atoms with Crippen LogP contribution in [0, 0.1) is 0 Å². The van der Waals surface area contributed by atoms with Gasteiger partial charge in [-0.2, -0.15) is 18.2 Å². The monoisotopic (exact) mass is 311 g/mol. The average Bonchev–Trinajstić information content (AvgIpc) is 2.98. The van der Waals surface area contributed by atoms with Crippen molar-refractivity contribution in [3.8, 4) is 11.5 Å². The van der Waals surface area contributed by atoms with E-state index in [2.05, 4.69) is 10.1 Å². The van der Waals surface area contributed by atoms with Crippen molar-refractivity contribution in [2.75, 3.05) is 0 Å². The van der Waals surface area contributed by atoms with Gasteiger partial charge in [0.2, 0.25) is 0 Å². The van der Waals surface area contributed by atoms with Gasteiger partial charge in [0.05, 0.1) is 11.1 Å². The molecule has 118 valence electrons. The summed E-state index contributed by atoms with van der Waals surface area (Å²) in [6, 6.07) is 4.64. The summed E-state index contributed by atoms with van der Waals surface area (Å²) in [4.78, 5) is 4.28. The number of halogens is 3. The molecule has 0 unspecified atom stereocenters. The predicted octanol–water partition coefficient (Wildman–Crippen LogP) is 3.87. The molecule has 3 rings (SSSR count). The Morgan fingerprint density at radius 1 is 1.05 bits per heavy atom. The number of hydrogen-bond donors (Lipinski definition) is 1. The fraction of sp³-hybridized carbons (Fsp3) is 0.467. The van der Waals surface area contributed by atoms with Crippen molar-refractivity contribution in [2.45, 2.75) is 43.8 Å². The zero-order valence-electron chi connectivity index (χ0n) is 11.9. The standard InChI is InChI=1S/C15H16F3N3O/c16-15(17,18)11-6-4-10(5-7-11)12-20-13(21-22-12)14(19)8-2-1-3-9-14/h4-7H,1-3,8-9,19H2. The van der Waals surface area contributed by atoms with Crippen molar-refractivity contribution in [1.29, 1.82) is 0 Å². The maximum atomic E-state index is 12.6. The quantitative estimate of drug-likeness (QED) is 0.914. The normalized spacial score (nSPS) is 18.4. The molecular formula is C15H16F3N3O. The molecule has 22 heavy (non-hydrogen) atoms. The van der Waals surface area contributed by atoms with Gasteiger partial charge in [-0.05, 0) is 37.1 Å². The van der Waals surface area contributed by atoms with Crippen molar-refractivity contribution in [1.82, 2.24) is 10.1 Å². The first kappa shape index (κ1) is 15.0.